The molecule has 6 nitrogen and oxygen atoms in total. The number of carbonyl (C=O) groups excluding carboxylic acids is 1. The SMILES string of the molecule is O=C(c1cn(-c2ccccc2Br)nn1)N1CCc2ccncc21. The van der Waals surface area contributed by atoms with Gasteiger partial charge in [-0.2, -0.15) is 0 Å². The third-order valence-corrected chi connectivity index (χ3v) is 4.51. The molecule has 0 spiro atoms. The van der Waals surface area contributed by atoms with Crippen molar-refractivity contribution in [3.8, 4) is 5.69 Å². The van der Waals surface area contributed by atoms with Gasteiger partial charge >= 0.3 is 0 Å². The first-order valence-electron chi connectivity index (χ1n) is 7.16. The zero-order valence-corrected chi connectivity index (χ0v) is 13.6. The van der Waals surface area contributed by atoms with Crippen LogP contribution in [0.4, 0.5) is 5.69 Å². The number of rotatable bonds is 2. The van der Waals surface area contributed by atoms with E-state index in [9.17, 15) is 4.79 Å². The predicted octanol–water partition coefficient (Wildman–Crippen LogP) is 2.63. The topological polar surface area (TPSA) is 63.9 Å². The van der Waals surface area contributed by atoms with Crippen molar-refractivity contribution >= 4 is 27.5 Å². The van der Waals surface area contributed by atoms with Crippen LogP contribution in [0.3, 0.4) is 0 Å². The molecule has 7 heteroatoms. The number of amides is 1. The highest BCUT2D eigenvalue weighted by Gasteiger charge is 2.27. The lowest BCUT2D eigenvalue weighted by Gasteiger charge is -2.14. The van der Waals surface area contributed by atoms with Gasteiger partial charge in [0, 0.05) is 17.2 Å². The summed E-state index contributed by atoms with van der Waals surface area (Å²) in [6, 6.07) is 9.60. The summed E-state index contributed by atoms with van der Waals surface area (Å²) in [5, 5.41) is 8.10. The molecule has 0 bridgehead atoms. The van der Waals surface area contributed by atoms with Gasteiger partial charge < -0.3 is 4.90 Å². The second-order valence-electron chi connectivity index (χ2n) is 5.21. The van der Waals surface area contributed by atoms with Crippen LogP contribution in [-0.4, -0.2) is 32.4 Å². The van der Waals surface area contributed by atoms with E-state index in [2.05, 4.69) is 31.2 Å². The Labute approximate surface area is 140 Å². The van der Waals surface area contributed by atoms with Crippen molar-refractivity contribution in [1.29, 1.82) is 0 Å². The molecule has 23 heavy (non-hydrogen) atoms. The van der Waals surface area contributed by atoms with Crippen molar-refractivity contribution in [2.24, 2.45) is 0 Å². The predicted molar refractivity (Wildman–Crippen MR) is 88.7 cm³/mol. The maximum atomic E-state index is 12.7. The maximum Gasteiger partial charge on any atom is 0.280 e. The van der Waals surface area contributed by atoms with Gasteiger partial charge in [-0.25, -0.2) is 4.68 Å². The molecule has 4 rings (SSSR count). The van der Waals surface area contributed by atoms with Gasteiger partial charge in [0.05, 0.1) is 23.8 Å². The molecule has 1 aliphatic rings. The number of aromatic nitrogens is 4. The van der Waals surface area contributed by atoms with Gasteiger partial charge in [0.15, 0.2) is 5.69 Å². The fourth-order valence-corrected chi connectivity index (χ4v) is 3.15. The second-order valence-corrected chi connectivity index (χ2v) is 6.07. The molecule has 0 atom stereocenters. The lowest BCUT2D eigenvalue weighted by Crippen LogP contribution is -2.29. The minimum absolute atomic E-state index is 0.157. The van der Waals surface area contributed by atoms with E-state index in [1.807, 2.05) is 30.3 Å². The van der Waals surface area contributed by atoms with Crippen molar-refractivity contribution in [2.75, 3.05) is 11.4 Å². The molecule has 0 saturated heterocycles. The third-order valence-electron chi connectivity index (χ3n) is 3.84. The molecule has 0 fully saturated rings. The van der Waals surface area contributed by atoms with Gasteiger partial charge in [0.2, 0.25) is 0 Å². The lowest BCUT2D eigenvalue weighted by molar-refractivity contribution is 0.0984. The van der Waals surface area contributed by atoms with E-state index in [-0.39, 0.29) is 5.91 Å². The van der Waals surface area contributed by atoms with E-state index in [0.29, 0.717) is 12.2 Å². The monoisotopic (exact) mass is 369 g/mol. The molecule has 1 amide bonds. The summed E-state index contributed by atoms with van der Waals surface area (Å²) in [7, 11) is 0. The number of hydrogen-bond donors (Lipinski definition) is 0. The van der Waals surface area contributed by atoms with E-state index < -0.39 is 0 Å². The number of benzene rings is 1. The van der Waals surface area contributed by atoms with Crippen LogP contribution in [0.5, 0.6) is 0 Å². The van der Waals surface area contributed by atoms with Crippen LogP contribution in [-0.2, 0) is 6.42 Å². The normalized spacial score (nSPS) is 13.2. The Morgan fingerprint density at radius 3 is 2.91 bits per heavy atom. The Morgan fingerprint density at radius 1 is 1.17 bits per heavy atom. The molecule has 3 heterocycles. The Kier molecular flexibility index (Phi) is 3.42. The average molecular weight is 370 g/mol. The van der Waals surface area contributed by atoms with Crippen LogP contribution in [0.2, 0.25) is 0 Å². The molecule has 0 N–H and O–H groups in total. The molecule has 0 aliphatic carbocycles. The van der Waals surface area contributed by atoms with E-state index in [4.69, 9.17) is 0 Å². The van der Waals surface area contributed by atoms with Crippen LogP contribution >= 0.6 is 15.9 Å². The van der Waals surface area contributed by atoms with Crippen LogP contribution < -0.4 is 4.90 Å². The van der Waals surface area contributed by atoms with Crippen molar-refractivity contribution < 1.29 is 4.79 Å². The van der Waals surface area contributed by atoms with Crippen molar-refractivity contribution in [1.82, 2.24) is 20.0 Å². The van der Waals surface area contributed by atoms with Gasteiger partial charge in [-0.3, -0.25) is 9.78 Å². The molecule has 114 valence electrons. The summed E-state index contributed by atoms with van der Waals surface area (Å²) in [4.78, 5) is 18.5. The molecule has 0 unspecified atom stereocenters. The van der Waals surface area contributed by atoms with E-state index in [1.54, 1.807) is 28.2 Å². The highest BCUT2D eigenvalue weighted by Crippen LogP contribution is 2.28. The number of anilines is 1. The fraction of sp³-hybridized carbons (Fsp3) is 0.125. The highest BCUT2D eigenvalue weighted by atomic mass is 79.9. The minimum Gasteiger partial charge on any atom is -0.305 e. The van der Waals surface area contributed by atoms with E-state index >= 15 is 0 Å². The standard InChI is InChI=1S/C16H12BrN5O/c17-12-3-1-2-4-14(12)22-10-13(19-20-22)16(23)21-8-6-11-5-7-18-9-15(11)21/h1-5,7,9-10H,6,8H2. The molecule has 3 aromatic rings. The van der Waals surface area contributed by atoms with Crippen LogP contribution in [0.15, 0.2) is 53.4 Å². The summed E-state index contributed by atoms with van der Waals surface area (Å²) < 4.78 is 2.48. The number of pyridine rings is 1. The summed E-state index contributed by atoms with van der Waals surface area (Å²) >= 11 is 3.47. The van der Waals surface area contributed by atoms with Crippen molar-refractivity contribution in [3.63, 3.8) is 0 Å². The average Bonchev–Trinajstić information content (AvgIpc) is 3.22. The Morgan fingerprint density at radius 2 is 2.04 bits per heavy atom. The first-order valence-corrected chi connectivity index (χ1v) is 7.95. The number of hydrogen-bond acceptors (Lipinski definition) is 4. The van der Waals surface area contributed by atoms with Gasteiger partial charge in [0.1, 0.15) is 0 Å². The third kappa shape index (κ3) is 2.43. The molecular formula is C16H12BrN5O. The van der Waals surface area contributed by atoms with Crippen molar-refractivity contribution in [2.45, 2.75) is 6.42 Å². The molecule has 2 aromatic heterocycles. The van der Waals surface area contributed by atoms with E-state index in [0.717, 1.165) is 27.8 Å². The van der Waals surface area contributed by atoms with Crippen LogP contribution in [0.1, 0.15) is 16.1 Å². The summed E-state index contributed by atoms with van der Waals surface area (Å²) in [6.45, 7) is 0.641. The van der Waals surface area contributed by atoms with Gasteiger partial charge in [0.25, 0.3) is 5.91 Å². The molecule has 0 saturated carbocycles. The molecule has 1 aliphatic heterocycles. The zero-order chi connectivity index (χ0) is 15.8. The largest absolute Gasteiger partial charge is 0.305 e. The number of fused-ring (bicyclic) bond motifs is 1. The first-order chi connectivity index (χ1) is 11.2. The molecular weight excluding hydrogens is 358 g/mol. The van der Waals surface area contributed by atoms with Crippen molar-refractivity contribution in [3.05, 3.63) is 64.7 Å². The molecule has 0 radical (unpaired) electrons. The van der Waals surface area contributed by atoms with Gasteiger partial charge in [-0.1, -0.05) is 17.3 Å². The minimum atomic E-state index is -0.157. The number of para-hydroxylation sites is 1. The van der Waals surface area contributed by atoms with Crippen LogP contribution in [0.25, 0.3) is 5.69 Å². The molecule has 1 aromatic carbocycles. The Bertz CT molecular complexity index is 891. The number of halogens is 1. The fourth-order valence-electron chi connectivity index (χ4n) is 2.69. The van der Waals surface area contributed by atoms with Gasteiger partial charge in [-0.05, 0) is 46.1 Å². The smallest absolute Gasteiger partial charge is 0.280 e. The number of carbonyl (C=O) groups is 1. The van der Waals surface area contributed by atoms with Gasteiger partial charge in [-0.15, -0.1) is 5.10 Å². The summed E-state index contributed by atoms with van der Waals surface area (Å²) in [5.74, 6) is -0.157. The lowest BCUT2D eigenvalue weighted by atomic mass is 10.2. The van der Waals surface area contributed by atoms with Crippen LogP contribution in [0, 0.1) is 0 Å². The summed E-state index contributed by atoms with van der Waals surface area (Å²) in [6.07, 6.45) is 5.95. The maximum absolute atomic E-state index is 12.7. The van der Waals surface area contributed by atoms with E-state index in [1.165, 1.54) is 0 Å². The highest BCUT2D eigenvalue weighted by molar-refractivity contribution is 9.10. The Balaban J connectivity index is 1.65. The quantitative estimate of drug-likeness (QED) is 0.696. The number of nitrogens with zero attached hydrogens (tertiary/aromatic N) is 5. The summed E-state index contributed by atoms with van der Waals surface area (Å²) in [5.41, 5.74) is 3.14. The zero-order valence-electron chi connectivity index (χ0n) is 12.1. The second kappa shape index (κ2) is 5.58. The Hall–Kier alpha value is -2.54. The first kappa shape index (κ1) is 14.1.